The van der Waals surface area contributed by atoms with E-state index in [2.05, 4.69) is 13.0 Å². The molecule has 0 aromatic heterocycles. The first-order valence-electron chi connectivity index (χ1n) is 15.4. The molecule has 8 unspecified atom stereocenters. The third-order valence-electron chi connectivity index (χ3n) is 10.0. The lowest BCUT2D eigenvalue weighted by atomic mass is 9.60. The molecular weight excluding hydrogens is 544 g/mol. The maximum Gasteiger partial charge on any atom is 0.331 e. The summed E-state index contributed by atoms with van der Waals surface area (Å²) in [6.07, 6.45) is 23.5. The second-order valence-electron chi connectivity index (χ2n) is 12.9. The van der Waals surface area contributed by atoms with Crippen LogP contribution in [0.1, 0.15) is 60.8 Å². The molecule has 0 bridgehead atoms. The highest BCUT2D eigenvalue weighted by atomic mass is 16.6. The van der Waals surface area contributed by atoms with E-state index in [4.69, 9.17) is 9.47 Å². The van der Waals surface area contributed by atoms with Gasteiger partial charge in [-0.1, -0.05) is 101 Å². The molecule has 0 aromatic rings. The predicted octanol–water partition coefficient (Wildman–Crippen LogP) is 5.52. The Morgan fingerprint density at radius 2 is 1.65 bits per heavy atom. The number of hydrogen-bond acceptors (Lipinski definition) is 7. The van der Waals surface area contributed by atoms with Gasteiger partial charge in [0.05, 0.1) is 12.2 Å². The van der Waals surface area contributed by atoms with Crippen LogP contribution in [0.4, 0.5) is 0 Å². The average molecular weight is 591 g/mol. The molecule has 8 atom stereocenters. The molecule has 0 aromatic carbocycles. The van der Waals surface area contributed by atoms with Crippen LogP contribution in [0.2, 0.25) is 0 Å². The van der Waals surface area contributed by atoms with E-state index in [1.165, 1.54) is 13.0 Å². The van der Waals surface area contributed by atoms with Crippen molar-refractivity contribution in [1.82, 2.24) is 0 Å². The van der Waals surface area contributed by atoms with Crippen molar-refractivity contribution in [3.63, 3.8) is 0 Å². The smallest absolute Gasteiger partial charge is 0.331 e. The van der Waals surface area contributed by atoms with Crippen molar-refractivity contribution in [2.75, 3.05) is 6.61 Å². The Hall–Kier alpha value is -3.29. The van der Waals surface area contributed by atoms with Crippen LogP contribution in [-0.2, 0) is 23.9 Å². The van der Waals surface area contributed by atoms with E-state index in [0.717, 1.165) is 12.8 Å². The molecule has 4 aliphatic rings. The predicted molar refractivity (Wildman–Crippen MR) is 165 cm³/mol. The number of allylic oxidation sites excluding steroid dienone is 10. The molecule has 0 spiro atoms. The largest absolute Gasteiger partial charge is 0.458 e. The van der Waals surface area contributed by atoms with Gasteiger partial charge in [-0.05, 0) is 30.9 Å². The molecule has 7 heteroatoms. The van der Waals surface area contributed by atoms with Gasteiger partial charge in [0.25, 0.3) is 0 Å². The van der Waals surface area contributed by atoms with Crippen LogP contribution in [0.3, 0.4) is 0 Å². The highest BCUT2D eigenvalue weighted by Gasteiger charge is 2.87. The van der Waals surface area contributed by atoms with Crippen LogP contribution in [0.15, 0.2) is 84.1 Å². The number of aliphatic hydroxyl groups excluding tert-OH is 1. The van der Waals surface area contributed by atoms with E-state index >= 15 is 0 Å². The first-order valence-corrected chi connectivity index (χ1v) is 15.4. The highest BCUT2D eigenvalue weighted by Crippen LogP contribution is 2.76. The number of Topliss-reactive ketones (excluding diaryl/α,β-unsaturated/α-hetero) is 1. The maximum absolute atomic E-state index is 13.2. The van der Waals surface area contributed by atoms with Crippen LogP contribution in [0, 0.1) is 35.0 Å². The molecule has 0 radical (unpaired) electrons. The lowest BCUT2D eigenvalue weighted by molar-refractivity contribution is -0.217. The second-order valence-corrected chi connectivity index (χ2v) is 12.9. The number of fused-ring (bicyclic) bond motifs is 5. The zero-order valence-corrected chi connectivity index (χ0v) is 26.2. The molecule has 0 saturated heterocycles. The standard InChI is InChI=1S/C36H46O7/c1-7-8-9-10-11-12-13-14-15-16-17-18-30(39)43-36-32(34(36,5)6)29-21-26(22-37)20-27-28(19-23(2)31(27)40)35(29,41)24(3)33(36)42-25(4)38/h9-19,21,24,27-29,32-33,37,41H,7-8,20,22H2,1-6H3. The molecule has 0 aliphatic heterocycles. The molecule has 232 valence electrons. The van der Waals surface area contributed by atoms with Crippen molar-refractivity contribution >= 4 is 17.7 Å². The van der Waals surface area contributed by atoms with Crippen molar-refractivity contribution in [3.8, 4) is 0 Å². The molecule has 2 N–H and O–H groups in total. The molecule has 7 nitrogen and oxygen atoms in total. The van der Waals surface area contributed by atoms with Crippen molar-refractivity contribution in [1.29, 1.82) is 0 Å². The summed E-state index contributed by atoms with van der Waals surface area (Å²) in [6, 6.07) is 0. The van der Waals surface area contributed by atoms with Crippen molar-refractivity contribution in [2.45, 2.75) is 78.1 Å². The Kier molecular flexibility index (Phi) is 9.67. The van der Waals surface area contributed by atoms with Gasteiger partial charge < -0.3 is 19.7 Å². The van der Waals surface area contributed by atoms with Gasteiger partial charge >= 0.3 is 11.9 Å². The van der Waals surface area contributed by atoms with Crippen LogP contribution in [0.25, 0.3) is 0 Å². The lowest BCUT2D eigenvalue weighted by Gasteiger charge is -2.52. The number of carbonyl (C=O) groups excluding carboxylic acids is 3. The van der Waals surface area contributed by atoms with Gasteiger partial charge in [-0.3, -0.25) is 9.59 Å². The summed E-state index contributed by atoms with van der Waals surface area (Å²) < 4.78 is 12.2. The topological polar surface area (TPSA) is 110 Å². The summed E-state index contributed by atoms with van der Waals surface area (Å²) in [7, 11) is 0. The fourth-order valence-electron chi connectivity index (χ4n) is 8.00. The summed E-state index contributed by atoms with van der Waals surface area (Å²) in [5.41, 5.74) is -2.07. The molecule has 2 saturated carbocycles. The minimum Gasteiger partial charge on any atom is -0.458 e. The molecular formula is C36H46O7. The SMILES string of the molecule is CCCC=CC=CC=CC=CC=CC(=O)OC12C(OC(C)=O)C(C)C3(O)C4C=C(C)C(=O)C4CC(CO)=CC3C1C2(C)C. The van der Waals surface area contributed by atoms with Crippen LogP contribution in [0.5, 0.6) is 0 Å². The summed E-state index contributed by atoms with van der Waals surface area (Å²) in [5, 5.41) is 22.9. The minimum absolute atomic E-state index is 0.0409. The Morgan fingerprint density at radius 1 is 1.02 bits per heavy atom. The Morgan fingerprint density at radius 3 is 2.26 bits per heavy atom. The number of aliphatic hydroxyl groups is 2. The quantitative estimate of drug-likeness (QED) is 0.149. The van der Waals surface area contributed by atoms with Gasteiger partial charge in [0.2, 0.25) is 0 Å². The van der Waals surface area contributed by atoms with Crippen molar-refractivity contribution in [2.24, 2.45) is 35.0 Å². The zero-order valence-electron chi connectivity index (χ0n) is 26.2. The van der Waals surface area contributed by atoms with Gasteiger partial charge in [-0.25, -0.2) is 4.79 Å². The maximum atomic E-state index is 13.2. The van der Waals surface area contributed by atoms with E-state index in [-0.39, 0.29) is 12.4 Å². The molecule has 43 heavy (non-hydrogen) atoms. The van der Waals surface area contributed by atoms with Gasteiger partial charge in [0, 0.05) is 48.0 Å². The fraction of sp³-hybridized carbons (Fsp3) is 0.528. The zero-order chi connectivity index (χ0) is 31.6. The van der Waals surface area contributed by atoms with E-state index in [1.54, 1.807) is 32.1 Å². The number of rotatable bonds is 10. The van der Waals surface area contributed by atoms with Crippen LogP contribution >= 0.6 is 0 Å². The average Bonchev–Trinajstić information content (AvgIpc) is 3.35. The highest BCUT2D eigenvalue weighted by molar-refractivity contribution is 6.00. The van der Waals surface area contributed by atoms with Crippen molar-refractivity contribution < 1.29 is 34.1 Å². The Labute approximate surface area is 255 Å². The fourth-order valence-corrected chi connectivity index (χ4v) is 8.00. The van der Waals surface area contributed by atoms with Gasteiger partial charge in [-0.2, -0.15) is 0 Å². The molecule has 0 heterocycles. The molecule has 0 amide bonds. The molecule has 2 fully saturated rings. The number of ketones is 1. The van der Waals surface area contributed by atoms with Crippen molar-refractivity contribution in [3.05, 3.63) is 84.1 Å². The van der Waals surface area contributed by atoms with Gasteiger partial charge in [0.1, 0.15) is 6.10 Å². The summed E-state index contributed by atoms with van der Waals surface area (Å²) in [6.45, 7) is 10.7. The summed E-state index contributed by atoms with van der Waals surface area (Å²) in [4.78, 5) is 38.8. The number of esters is 2. The number of ether oxygens (including phenoxy) is 2. The van der Waals surface area contributed by atoms with Crippen LogP contribution < -0.4 is 0 Å². The third-order valence-corrected chi connectivity index (χ3v) is 10.0. The first kappa shape index (κ1) is 32.6. The molecule has 4 aliphatic carbocycles. The van der Waals surface area contributed by atoms with E-state index in [0.29, 0.717) is 17.6 Å². The van der Waals surface area contributed by atoms with E-state index in [9.17, 15) is 24.6 Å². The van der Waals surface area contributed by atoms with Gasteiger partial charge in [-0.15, -0.1) is 0 Å². The van der Waals surface area contributed by atoms with E-state index < -0.39 is 64.2 Å². The number of hydrogen-bond donors (Lipinski definition) is 2. The summed E-state index contributed by atoms with van der Waals surface area (Å²) >= 11 is 0. The first-order chi connectivity index (χ1) is 20.4. The number of unbranched alkanes of at least 4 members (excludes halogenated alkanes) is 1. The minimum atomic E-state index is -1.46. The molecule has 4 rings (SSSR count). The monoisotopic (exact) mass is 590 g/mol. The Balaban J connectivity index is 1.62. The second kappa shape index (κ2) is 12.7. The Bertz CT molecular complexity index is 1320. The normalized spacial score (nSPS) is 36.5. The van der Waals surface area contributed by atoms with Crippen LogP contribution in [-0.4, -0.2) is 51.8 Å². The summed E-state index contributed by atoms with van der Waals surface area (Å²) in [5.74, 6) is -3.83. The lowest BCUT2D eigenvalue weighted by Crippen LogP contribution is -2.63. The third kappa shape index (κ3) is 5.69. The van der Waals surface area contributed by atoms with Gasteiger partial charge in [0.15, 0.2) is 11.4 Å². The van der Waals surface area contributed by atoms with E-state index in [1.807, 2.05) is 56.4 Å². The number of carbonyl (C=O) groups is 3.